The maximum absolute atomic E-state index is 13.2. The predicted molar refractivity (Wildman–Crippen MR) is 125 cm³/mol. The molecule has 6 nitrogen and oxygen atoms in total. The van der Waals surface area contributed by atoms with Crippen molar-refractivity contribution in [1.29, 1.82) is 0 Å². The van der Waals surface area contributed by atoms with E-state index in [1.54, 1.807) is 23.1 Å². The molecule has 1 aliphatic rings. The number of hydrogen-bond acceptors (Lipinski definition) is 4. The first kappa shape index (κ1) is 23.7. The Labute approximate surface area is 193 Å². The van der Waals surface area contributed by atoms with Gasteiger partial charge in [-0.05, 0) is 62.6 Å². The van der Waals surface area contributed by atoms with Gasteiger partial charge in [0.25, 0.3) is 10.0 Å². The summed E-state index contributed by atoms with van der Waals surface area (Å²) >= 11 is 12.0. The zero-order valence-corrected chi connectivity index (χ0v) is 20.2. The number of nitrogens with zero attached hydrogens (tertiary/aromatic N) is 1. The fourth-order valence-electron chi connectivity index (χ4n) is 3.21. The number of anilines is 2. The highest BCUT2D eigenvalue weighted by molar-refractivity contribution is 7.92. The number of fused-ring (bicyclic) bond motifs is 1. The molecular weight excluding hydrogens is 459 g/mol. The van der Waals surface area contributed by atoms with Crippen molar-refractivity contribution in [3.63, 3.8) is 0 Å². The van der Waals surface area contributed by atoms with Crippen LogP contribution in [-0.2, 0) is 14.8 Å². The maximum Gasteiger partial charge on any atom is 0.263 e. The zero-order chi connectivity index (χ0) is 23.0. The Kier molecular flexibility index (Phi) is 6.79. The summed E-state index contributed by atoms with van der Waals surface area (Å²) in [7, 11) is -3.99. The van der Waals surface area contributed by atoms with E-state index >= 15 is 0 Å². The van der Waals surface area contributed by atoms with Gasteiger partial charge in [0, 0.05) is 11.6 Å². The molecule has 1 aliphatic heterocycles. The smallest absolute Gasteiger partial charge is 0.263 e. The van der Waals surface area contributed by atoms with E-state index in [9.17, 15) is 13.2 Å². The van der Waals surface area contributed by atoms with Crippen molar-refractivity contribution in [1.82, 2.24) is 0 Å². The highest BCUT2D eigenvalue weighted by Crippen LogP contribution is 2.39. The molecule has 0 unspecified atom stereocenters. The Morgan fingerprint density at radius 1 is 1.16 bits per heavy atom. The van der Waals surface area contributed by atoms with Gasteiger partial charge in [0.15, 0.2) is 0 Å². The minimum absolute atomic E-state index is 0.0606. The molecule has 0 fully saturated rings. The highest BCUT2D eigenvalue weighted by Gasteiger charge is 2.38. The second-order valence-corrected chi connectivity index (χ2v) is 11.2. The first-order chi connectivity index (χ1) is 14.4. The van der Waals surface area contributed by atoms with Gasteiger partial charge in [-0.2, -0.15) is 0 Å². The normalized spacial score (nSPS) is 16.0. The van der Waals surface area contributed by atoms with Gasteiger partial charge in [0.05, 0.1) is 21.8 Å². The van der Waals surface area contributed by atoms with Gasteiger partial charge < -0.3 is 9.64 Å². The molecule has 0 aliphatic carbocycles. The van der Waals surface area contributed by atoms with Crippen LogP contribution in [0.1, 0.15) is 34.1 Å². The predicted octanol–water partition coefficient (Wildman–Crippen LogP) is 5.59. The van der Waals surface area contributed by atoms with E-state index in [4.69, 9.17) is 27.9 Å². The fraction of sp³-hybridized carbons (Fsp3) is 0.409. The SMILES string of the molecule is CC(C)CCN1C(=O)C(C)(C)COc2ccc(NS(=O)(=O)c3cc(Cl)ccc3Cl)cc21. The second-order valence-electron chi connectivity index (χ2n) is 8.67. The van der Waals surface area contributed by atoms with E-state index in [0.29, 0.717) is 29.6 Å². The van der Waals surface area contributed by atoms with Gasteiger partial charge in [-0.1, -0.05) is 37.0 Å². The van der Waals surface area contributed by atoms with E-state index in [1.807, 2.05) is 13.8 Å². The summed E-state index contributed by atoms with van der Waals surface area (Å²) in [6, 6.07) is 9.12. The number of sulfonamides is 1. The van der Waals surface area contributed by atoms with E-state index in [1.165, 1.54) is 18.2 Å². The summed E-state index contributed by atoms with van der Waals surface area (Å²) in [4.78, 5) is 14.8. The molecule has 1 amide bonds. The largest absolute Gasteiger partial charge is 0.490 e. The lowest BCUT2D eigenvalue weighted by molar-refractivity contribution is -0.127. The summed E-state index contributed by atoms with van der Waals surface area (Å²) in [5.41, 5.74) is 0.123. The lowest BCUT2D eigenvalue weighted by Crippen LogP contribution is -2.42. The molecule has 0 saturated carbocycles. The quantitative estimate of drug-likeness (QED) is 0.579. The Morgan fingerprint density at radius 2 is 1.87 bits per heavy atom. The van der Waals surface area contributed by atoms with Crippen LogP contribution in [0.15, 0.2) is 41.3 Å². The van der Waals surface area contributed by atoms with Crippen LogP contribution in [-0.4, -0.2) is 27.5 Å². The molecule has 1 N–H and O–H groups in total. The maximum atomic E-state index is 13.2. The number of carbonyl (C=O) groups is 1. The third-order valence-electron chi connectivity index (χ3n) is 5.03. The molecule has 0 saturated heterocycles. The standard InChI is InChI=1S/C22H26Cl2N2O4S/c1-14(2)9-10-26-18-12-16(6-8-19(18)30-13-22(3,4)21(26)27)25-31(28,29)20-11-15(23)5-7-17(20)24/h5-8,11-12,14,25H,9-10,13H2,1-4H3. The number of rotatable bonds is 6. The van der Waals surface area contributed by atoms with Gasteiger partial charge in [0.2, 0.25) is 5.91 Å². The Balaban J connectivity index is 2.00. The van der Waals surface area contributed by atoms with Crippen LogP contribution in [0.3, 0.4) is 0 Å². The number of carbonyl (C=O) groups excluding carboxylic acids is 1. The van der Waals surface area contributed by atoms with Crippen molar-refractivity contribution in [2.75, 3.05) is 22.8 Å². The molecule has 31 heavy (non-hydrogen) atoms. The summed E-state index contributed by atoms with van der Waals surface area (Å²) in [6.07, 6.45) is 0.801. The number of ether oxygens (including phenoxy) is 1. The Morgan fingerprint density at radius 3 is 2.55 bits per heavy atom. The molecule has 2 aromatic rings. The van der Waals surface area contributed by atoms with E-state index in [0.717, 1.165) is 6.42 Å². The van der Waals surface area contributed by atoms with Crippen LogP contribution in [0.2, 0.25) is 10.0 Å². The van der Waals surface area contributed by atoms with Crippen molar-refractivity contribution < 1.29 is 17.9 Å². The topological polar surface area (TPSA) is 75.7 Å². The number of nitrogens with one attached hydrogen (secondary N) is 1. The molecule has 0 spiro atoms. The zero-order valence-electron chi connectivity index (χ0n) is 17.9. The molecule has 2 aromatic carbocycles. The van der Waals surface area contributed by atoms with Crippen molar-refractivity contribution in [3.8, 4) is 5.75 Å². The minimum atomic E-state index is -3.99. The van der Waals surface area contributed by atoms with Crippen LogP contribution in [0.5, 0.6) is 5.75 Å². The van der Waals surface area contributed by atoms with Crippen LogP contribution in [0.4, 0.5) is 11.4 Å². The van der Waals surface area contributed by atoms with Crippen molar-refractivity contribution >= 4 is 50.5 Å². The van der Waals surface area contributed by atoms with Crippen molar-refractivity contribution in [2.24, 2.45) is 11.3 Å². The van der Waals surface area contributed by atoms with Gasteiger partial charge in [0.1, 0.15) is 17.3 Å². The molecule has 1 heterocycles. The van der Waals surface area contributed by atoms with Crippen LogP contribution in [0.25, 0.3) is 0 Å². The van der Waals surface area contributed by atoms with Gasteiger partial charge in [-0.3, -0.25) is 9.52 Å². The Bertz CT molecular complexity index is 1100. The molecule has 0 bridgehead atoms. The molecular formula is C22H26Cl2N2O4S. The molecule has 3 rings (SSSR count). The molecule has 0 atom stereocenters. The van der Waals surface area contributed by atoms with Crippen LogP contribution in [0, 0.1) is 11.3 Å². The van der Waals surface area contributed by atoms with E-state index in [2.05, 4.69) is 18.6 Å². The minimum Gasteiger partial charge on any atom is -0.490 e. The fourth-order valence-corrected chi connectivity index (χ4v) is 5.02. The first-order valence-corrected chi connectivity index (χ1v) is 12.2. The summed E-state index contributed by atoms with van der Waals surface area (Å²) in [5.74, 6) is 0.867. The van der Waals surface area contributed by atoms with Gasteiger partial charge in [-0.25, -0.2) is 8.42 Å². The average molecular weight is 485 g/mol. The van der Waals surface area contributed by atoms with E-state index in [-0.39, 0.29) is 27.5 Å². The van der Waals surface area contributed by atoms with Crippen molar-refractivity contribution in [3.05, 3.63) is 46.4 Å². The monoisotopic (exact) mass is 484 g/mol. The molecule has 9 heteroatoms. The molecule has 168 valence electrons. The lowest BCUT2D eigenvalue weighted by Gasteiger charge is -2.28. The first-order valence-electron chi connectivity index (χ1n) is 9.97. The van der Waals surface area contributed by atoms with Gasteiger partial charge in [-0.15, -0.1) is 0 Å². The molecule has 0 aromatic heterocycles. The number of hydrogen-bond donors (Lipinski definition) is 1. The van der Waals surface area contributed by atoms with Gasteiger partial charge >= 0.3 is 0 Å². The van der Waals surface area contributed by atoms with Crippen LogP contribution < -0.4 is 14.4 Å². The Hall–Kier alpha value is -1.96. The average Bonchev–Trinajstić information content (AvgIpc) is 2.77. The molecule has 0 radical (unpaired) electrons. The second kappa shape index (κ2) is 8.88. The third kappa shape index (κ3) is 5.27. The number of benzene rings is 2. The summed E-state index contributed by atoms with van der Waals surface area (Å²) in [5, 5.41) is 0.318. The lowest BCUT2D eigenvalue weighted by atomic mass is 9.92. The third-order valence-corrected chi connectivity index (χ3v) is 7.13. The van der Waals surface area contributed by atoms with Crippen LogP contribution >= 0.6 is 23.2 Å². The van der Waals surface area contributed by atoms with Crippen molar-refractivity contribution in [2.45, 2.75) is 39.0 Å². The number of halogens is 2. The summed E-state index contributed by atoms with van der Waals surface area (Å²) < 4.78 is 34.2. The number of amides is 1. The van der Waals surface area contributed by atoms with E-state index < -0.39 is 15.4 Å². The summed E-state index contributed by atoms with van der Waals surface area (Å²) in [6.45, 7) is 8.60. The highest BCUT2D eigenvalue weighted by atomic mass is 35.5.